The summed E-state index contributed by atoms with van der Waals surface area (Å²) in [5, 5.41) is 9.81. The summed E-state index contributed by atoms with van der Waals surface area (Å²) in [4.78, 5) is 24.2. The van der Waals surface area contributed by atoms with Gasteiger partial charge in [-0.15, -0.1) is 0 Å². The van der Waals surface area contributed by atoms with Crippen LogP contribution in [0.1, 0.15) is 38.2 Å². The Hall–Kier alpha value is -2.21. The summed E-state index contributed by atoms with van der Waals surface area (Å²) < 4.78 is 0. The third-order valence-corrected chi connectivity index (χ3v) is 3.67. The van der Waals surface area contributed by atoms with Gasteiger partial charge in [-0.3, -0.25) is 20.3 Å². The average Bonchev–Trinajstić information content (AvgIpc) is 2.51. The van der Waals surface area contributed by atoms with Gasteiger partial charge in [0.05, 0.1) is 12.0 Å². The standard InChI is InChI=1S/C17H26N4O2/c1-2-3-5-10-13(15(19)20)16(22)21-17(23)14(18)11-12-8-6-4-7-9-12/h4,6-9,13-14H,2-3,5,10-11,18H2,1H3,(H3,19,20)(H,21,22,23)/t13?,14-/m0/s1. The zero-order chi connectivity index (χ0) is 17.2. The Morgan fingerprint density at radius 3 is 2.39 bits per heavy atom. The van der Waals surface area contributed by atoms with Crippen molar-refractivity contribution in [2.24, 2.45) is 17.4 Å². The summed E-state index contributed by atoms with van der Waals surface area (Å²) in [5.74, 6) is -2.07. The number of carbonyl (C=O) groups excluding carboxylic acids is 2. The molecule has 0 heterocycles. The fourth-order valence-electron chi connectivity index (χ4n) is 2.29. The fraction of sp³-hybridized carbons (Fsp3) is 0.471. The van der Waals surface area contributed by atoms with Crippen molar-refractivity contribution in [3.63, 3.8) is 0 Å². The van der Waals surface area contributed by atoms with Crippen molar-refractivity contribution in [3.05, 3.63) is 35.9 Å². The van der Waals surface area contributed by atoms with Crippen molar-refractivity contribution in [1.82, 2.24) is 5.32 Å². The Labute approximate surface area is 137 Å². The Bertz CT molecular complexity index is 531. The highest BCUT2D eigenvalue weighted by molar-refractivity contribution is 6.07. The molecule has 0 aliphatic heterocycles. The quantitative estimate of drug-likeness (QED) is 0.312. The molecule has 6 heteroatoms. The molecule has 0 bridgehead atoms. The Kier molecular flexibility index (Phi) is 7.97. The number of nitrogens with one attached hydrogen (secondary N) is 2. The molecule has 1 aromatic rings. The van der Waals surface area contributed by atoms with Gasteiger partial charge in [0, 0.05) is 0 Å². The SMILES string of the molecule is CCCCCC(C(=N)N)C(=O)NC(=O)[C@@H](N)Cc1ccccc1. The number of nitrogens with two attached hydrogens (primary N) is 2. The molecular weight excluding hydrogens is 292 g/mol. The predicted molar refractivity (Wildman–Crippen MR) is 90.8 cm³/mol. The van der Waals surface area contributed by atoms with Crippen molar-refractivity contribution in [2.75, 3.05) is 0 Å². The van der Waals surface area contributed by atoms with Crippen LogP contribution in [0.3, 0.4) is 0 Å². The maximum Gasteiger partial charge on any atom is 0.243 e. The van der Waals surface area contributed by atoms with Crippen LogP contribution in [0.5, 0.6) is 0 Å². The second-order valence-electron chi connectivity index (χ2n) is 5.65. The molecule has 2 amide bonds. The van der Waals surface area contributed by atoms with Gasteiger partial charge in [0.2, 0.25) is 11.8 Å². The molecule has 0 fully saturated rings. The first-order chi connectivity index (χ1) is 11.0. The molecular formula is C17H26N4O2. The molecule has 0 radical (unpaired) electrons. The second kappa shape index (κ2) is 9.74. The molecule has 1 aromatic carbocycles. The van der Waals surface area contributed by atoms with Crippen LogP contribution in [0.2, 0.25) is 0 Å². The molecule has 23 heavy (non-hydrogen) atoms. The predicted octanol–water partition coefficient (Wildman–Crippen LogP) is 1.33. The Morgan fingerprint density at radius 1 is 1.17 bits per heavy atom. The lowest BCUT2D eigenvalue weighted by atomic mass is 9.99. The highest BCUT2D eigenvalue weighted by atomic mass is 16.2. The van der Waals surface area contributed by atoms with Crippen LogP contribution in [0.4, 0.5) is 0 Å². The van der Waals surface area contributed by atoms with Crippen LogP contribution in [-0.4, -0.2) is 23.7 Å². The van der Waals surface area contributed by atoms with Gasteiger partial charge >= 0.3 is 0 Å². The average molecular weight is 318 g/mol. The molecule has 1 unspecified atom stereocenters. The number of hydrogen-bond acceptors (Lipinski definition) is 4. The second-order valence-corrected chi connectivity index (χ2v) is 5.65. The fourth-order valence-corrected chi connectivity index (χ4v) is 2.29. The summed E-state index contributed by atoms with van der Waals surface area (Å²) in [6.07, 6.45) is 3.57. The molecule has 6 nitrogen and oxygen atoms in total. The zero-order valence-electron chi connectivity index (χ0n) is 13.5. The normalized spacial score (nSPS) is 13.1. The van der Waals surface area contributed by atoms with E-state index in [1.807, 2.05) is 30.3 Å². The molecule has 1 rings (SSSR count). The number of imide groups is 1. The smallest absolute Gasteiger partial charge is 0.243 e. The van der Waals surface area contributed by atoms with Crippen LogP contribution in [0, 0.1) is 11.3 Å². The summed E-state index contributed by atoms with van der Waals surface area (Å²) in [5.41, 5.74) is 12.2. The van der Waals surface area contributed by atoms with Crippen LogP contribution in [-0.2, 0) is 16.0 Å². The highest BCUT2D eigenvalue weighted by Crippen LogP contribution is 2.10. The summed E-state index contributed by atoms with van der Waals surface area (Å²) in [6, 6.07) is 8.54. The van der Waals surface area contributed by atoms with E-state index in [1.54, 1.807) is 0 Å². The third-order valence-electron chi connectivity index (χ3n) is 3.67. The summed E-state index contributed by atoms with van der Waals surface area (Å²) >= 11 is 0. The van der Waals surface area contributed by atoms with Gasteiger partial charge in [0.15, 0.2) is 0 Å². The van der Waals surface area contributed by atoms with Crippen LogP contribution in [0.25, 0.3) is 0 Å². The number of carbonyl (C=O) groups is 2. The minimum absolute atomic E-state index is 0.219. The monoisotopic (exact) mass is 318 g/mol. The van der Waals surface area contributed by atoms with Gasteiger partial charge in [0.25, 0.3) is 0 Å². The first-order valence-corrected chi connectivity index (χ1v) is 7.93. The minimum Gasteiger partial charge on any atom is -0.387 e. The minimum atomic E-state index is -0.815. The van der Waals surface area contributed by atoms with E-state index in [0.29, 0.717) is 12.8 Å². The topological polar surface area (TPSA) is 122 Å². The Morgan fingerprint density at radius 2 is 1.83 bits per heavy atom. The maximum absolute atomic E-state index is 12.1. The lowest BCUT2D eigenvalue weighted by molar-refractivity contribution is -0.132. The van der Waals surface area contributed by atoms with E-state index in [4.69, 9.17) is 16.9 Å². The summed E-state index contributed by atoms with van der Waals surface area (Å²) in [7, 11) is 0. The van der Waals surface area contributed by atoms with Crippen LogP contribution in [0.15, 0.2) is 30.3 Å². The van der Waals surface area contributed by atoms with Crippen LogP contribution < -0.4 is 16.8 Å². The molecule has 2 atom stereocenters. The van der Waals surface area contributed by atoms with Gasteiger partial charge in [0.1, 0.15) is 5.84 Å². The molecule has 0 spiro atoms. The molecule has 0 aromatic heterocycles. The number of amidine groups is 1. The molecule has 0 aliphatic carbocycles. The number of benzene rings is 1. The molecule has 0 saturated carbocycles. The van der Waals surface area contributed by atoms with E-state index >= 15 is 0 Å². The van der Waals surface area contributed by atoms with E-state index in [0.717, 1.165) is 24.8 Å². The zero-order valence-corrected chi connectivity index (χ0v) is 13.5. The summed E-state index contributed by atoms with van der Waals surface area (Å²) in [6.45, 7) is 2.05. The molecule has 0 aliphatic rings. The molecule has 0 saturated heterocycles. The van der Waals surface area contributed by atoms with Crippen molar-refractivity contribution in [1.29, 1.82) is 5.41 Å². The number of amides is 2. The van der Waals surface area contributed by atoms with Gasteiger partial charge in [-0.05, 0) is 18.4 Å². The van der Waals surface area contributed by atoms with Crippen molar-refractivity contribution in [3.8, 4) is 0 Å². The van der Waals surface area contributed by atoms with Gasteiger partial charge < -0.3 is 11.5 Å². The van der Waals surface area contributed by atoms with Gasteiger partial charge in [-0.25, -0.2) is 0 Å². The van der Waals surface area contributed by atoms with E-state index in [1.165, 1.54) is 0 Å². The van der Waals surface area contributed by atoms with E-state index in [2.05, 4.69) is 12.2 Å². The lowest BCUT2D eigenvalue weighted by Crippen LogP contribution is -2.48. The first-order valence-electron chi connectivity index (χ1n) is 7.93. The van der Waals surface area contributed by atoms with Gasteiger partial charge in [-0.2, -0.15) is 0 Å². The number of hydrogen-bond donors (Lipinski definition) is 4. The van der Waals surface area contributed by atoms with E-state index in [-0.39, 0.29) is 5.84 Å². The lowest BCUT2D eigenvalue weighted by Gasteiger charge is -2.17. The van der Waals surface area contributed by atoms with E-state index < -0.39 is 23.8 Å². The third kappa shape index (κ3) is 6.61. The van der Waals surface area contributed by atoms with E-state index in [9.17, 15) is 9.59 Å². The van der Waals surface area contributed by atoms with Crippen molar-refractivity contribution in [2.45, 2.75) is 45.1 Å². The molecule has 126 valence electrons. The van der Waals surface area contributed by atoms with Crippen molar-refractivity contribution >= 4 is 17.6 Å². The Balaban J connectivity index is 2.55. The highest BCUT2D eigenvalue weighted by Gasteiger charge is 2.25. The first kappa shape index (κ1) is 18.8. The number of unbranched alkanes of at least 4 members (excludes halogenated alkanes) is 2. The van der Waals surface area contributed by atoms with Crippen molar-refractivity contribution < 1.29 is 9.59 Å². The van der Waals surface area contributed by atoms with Crippen LogP contribution >= 0.6 is 0 Å². The largest absolute Gasteiger partial charge is 0.387 e. The number of rotatable bonds is 9. The van der Waals surface area contributed by atoms with Gasteiger partial charge in [-0.1, -0.05) is 56.5 Å². The molecule has 6 N–H and O–H groups in total. The maximum atomic E-state index is 12.1.